The monoisotopic (exact) mass is 684 g/mol. The molecule has 4 heterocycles. The Kier molecular flexibility index (Phi) is 12.7. The van der Waals surface area contributed by atoms with Crippen LogP contribution in [0.3, 0.4) is 0 Å². The predicted molar refractivity (Wildman–Crippen MR) is 136 cm³/mol. The molecular formula is C18H21Cl3I2N4O2. The molecule has 29 heavy (non-hydrogen) atoms. The van der Waals surface area contributed by atoms with Crippen LogP contribution in [0.1, 0.15) is 0 Å². The fourth-order valence-corrected chi connectivity index (χ4v) is 4.74. The van der Waals surface area contributed by atoms with E-state index in [-0.39, 0.29) is 0 Å². The van der Waals surface area contributed by atoms with Crippen LogP contribution in [-0.2, 0) is 9.47 Å². The molecule has 11 heteroatoms. The van der Waals surface area contributed by atoms with Gasteiger partial charge in [-0.05, 0) is 69.4 Å². The molecular weight excluding hydrogens is 664 g/mol. The largest absolute Gasteiger partial charge is 0.379 e. The van der Waals surface area contributed by atoms with E-state index in [1.54, 1.807) is 12.1 Å². The second kappa shape index (κ2) is 14.4. The first-order valence-electron chi connectivity index (χ1n) is 8.87. The number of hydrogen-bond donors (Lipinski definition) is 1. The van der Waals surface area contributed by atoms with Gasteiger partial charge in [-0.3, -0.25) is 0 Å². The summed E-state index contributed by atoms with van der Waals surface area (Å²) in [6, 6.07) is 7.38. The van der Waals surface area contributed by atoms with Gasteiger partial charge in [-0.2, -0.15) is 0 Å². The summed E-state index contributed by atoms with van der Waals surface area (Å²) in [6.45, 7) is 7.16. The van der Waals surface area contributed by atoms with Crippen molar-refractivity contribution in [2.45, 2.75) is 0 Å². The maximum atomic E-state index is 5.90. The number of pyridine rings is 2. The number of morpholine rings is 2. The van der Waals surface area contributed by atoms with Crippen LogP contribution in [0.15, 0.2) is 24.3 Å². The van der Waals surface area contributed by atoms with Gasteiger partial charge in [0.2, 0.25) is 0 Å². The highest BCUT2D eigenvalue weighted by Gasteiger charge is 2.13. The van der Waals surface area contributed by atoms with Crippen molar-refractivity contribution < 1.29 is 9.47 Å². The molecule has 2 aromatic heterocycles. The van der Waals surface area contributed by atoms with E-state index in [0.717, 1.165) is 65.6 Å². The lowest BCUT2D eigenvalue weighted by atomic mass is 10.4. The van der Waals surface area contributed by atoms with E-state index in [1.165, 1.54) is 0 Å². The van der Waals surface area contributed by atoms with Gasteiger partial charge in [-0.15, -0.1) is 0 Å². The summed E-state index contributed by atoms with van der Waals surface area (Å²) in [5, 5.41) is 4.59. The summed E-state index contributed by atoms with van der Waals surface area (Å²) < 4.78 is 12.4. The molecule has 0 spiro atoms. The Bertz CT molecular complexity index is 682. The fourth-order valence-electron chi connectivity index (χ4n) is 2.36. The predicted octanol–water partition coefficient (Wildman–Crippen LogP) is 4.78. The first-order chi connectivity index (χ1) is 13.9. The Labute approximate surface area is 213 Å². The standard InChI is InChI=1S/C9H10ClIN2O.C5H2Cl2IN.C4H9NO/c10-8-5-7(11)6-9(12-8)13-1-3-14-4-2-13;6-4-1-3(8)2-5(7)9-4;1-3-6-4-2-5-1/h5-6H,1-4H2;1-2H;5H,1-4H2. The first kappa shape index (κ1) is 25.6. The number of ether oxygens (including phenoxy) is 2. The zero-order valence-electron chi connectivity index (χ0n) is 15.5. The van der Waals surface area contributed by atoms with Crippen molar-refractivity contribution in [3.8, 4) is 0 Å². The number of hydrogen-bond acceptors (Lipinski definition) is 6. The Morgan fingerprint density at radius 1 is 0.759 bits per heavy atom. The number of aromatic nitrogens is 2. The Hall–Kier alpha value is 0.310. The van der Waals surface area contributed by atoms with E-state index in [0.29, 0.717) is 15.5 Å². The van der Waals surface area contributed by atoms with Crippen molar-refractivity contribution in [1.29, 1.82) is 0 Å². The van der Waals surface area contributed by atoms with Gasteiger partial charge in [0.1, 0.15) is 21.3 Å². The molecule has 2 aromatic rings. The molecule has 0 bridgehead atoms. The summed E-state index contributed by atoms with van der Waals surface area (Å²) in [6.07, 6.45) is 0. The molecule has 0 saturated carbocycles. The smallest absolute Gasteiger partial charge is 0.132 e. The lowest BCUT2D eigenvalue weighted by Gasteiger charge is -2.27. The molecule has 0 radical (unpaired) electrons. The van der Waals surface area contributed by atoms with E-state index >= 15 is 0 Å². The van der Waals surface area contributed by atoms with Gasteiger partial charge < -0.3 is 19.7 Å². The molecule has 2 aliphatic heterocycles. The lowest BCUT2D eigenvalue weighted by Crippen LogP contribution is -2.36. The summed E-state index contributed by atoms with van der Waals surface area (Å²) in [5.41, 5.74) is 0. The van der Waals surface area contributed by atoms with Crippen LogP contribution in [0.4, 0.5) is 5.82 Å². The molecule has 2 aliphatic rings. The molecule has 0 aliphatic carbocycles. The average molecular weight is 686 g/mol. The third-order valence-electron chi connectivity index (χ3n) is 3.65. The first-order valence-corrected chi connectivity index (χ1v) is 12.2. The van der Waals surface area contributed by atoms with E-state index in [1.807, 2.05) is 12.1 Å². The molecule has 4 rings (SSSR count). The van der Waals surface area contributed by atoms with Crippen molar-refractivity contribution in [2.24, 2.45) is 0 Å². The highest BCUT2D eigenvalue weighted by Crippen LogP contribution is 2.20. The van der Waals surface area contributed by atoms with Crippen molar-refractivity contribution in [3.05, 3.63) is 46.9 Å². The summed E-state index contributed by atoms with van der Waals surface area (Å²) >= 11 is 21.4. The van der Waals surface area contributed by atoms with Gasteiger partial charge >= 0.3 is 0 Å². The minimum atomic E-state index is 0.437. The molecule has 2 fully saturated rings. The summed E-state index contributed by atoms with van der Waals surface area (Å²) in [5.74, 6) is 0.949. The fraction of sp³-hybridized carbons (Fsp3) is 0.444. The van der Waals surface area contributed by atoms with Crippen molar-refractivity contribution in [2.75, 3.05) is 57.5 Å². The second-order valence-corrected chi connectivity index (χ2v) is 9.51. The maximum absolute atomic E-state index is 5.90. The molecule has 1 N–H and O–H groups in total. The van der Waals surface area contributed by atoms with Crippen LogP contribution in [-0.4, -0.2) is 62.6 Å². The van der Waals surface area contributed by atoms with E-state index in [2.05, 4.69) is 65.4 Å². The Morgan fingerprint density at radius 2 is 1.24 bits per heavy atom. The van der Waals surface area contributed by atoms with Gasteiger partial charge in [0.15, 0.2) is 0 Å². The third kappa shape index (κ3) is 10.9. The van der Waals surface area contributed by atoms with Crippen LogP contribution >= 0.6 is 80.0 Å². The minimum absolute atomic E-state index is 0.437. The molecule has 2 saturated heterocycles. The van der Waals surface area contributed by atoms with Gasteiger partial charge in [0.25, 0.3) is 0 Å². The van der Waals surface area contributed by atoms with Gasteiger partial charge in [-0.25, -0.2) is 9.97 Å². The van der Waals surface area contributed by atoms with Crippen molar-refractivity contribution >= 4 is 85.8 Å². The lowest BCUT2D eigenvalue weighted by molar-refractivity contribution is 0.109. The maximum Gasteiger partial charge on any atom is 0.132 e. The number of nitrogens with zero attached hydrogens (tertiary/aromatic N) is 3. The molecule has 160 valence electrons. The number of rotatable bonds is 1. The van der Waals surface area contributed by atoms with Gasteiger partial charge in [0.05, 0.1) is 26.4 Å². The van der Waals surface area contributed by atoms with Crippen molar-refractivity contribution in [1.82, 2.24) is 15.3 Å². The Morgan fingerprint density at radius 3 is 1.66 bits per heavy atom. The van der Waals surface area contributed by atoms with Crippen LogP contribution in [0.5, 0.6) is 0 Å². The highest BCUT2D eigenvalue weighted by molar-refractivity contribution is 14.1. The highest BCUT2D eigenvalue weighted by atomic mass is 127. The molecule has 0 unspecified atom stereocenters. The zero-order chi connectivity index (χ0) is 21.1. The van der Waals surface area contributed by atoms with Crippen LogP contribution in [0, 0.1) is 7.14 Å². The summed E-state index contributed by atoms with van der Waals surface area (Å²) in [4.78, 5) is 10.2. The number of halogens is 5. The normalized spacial score (nSPS) is 16.2. The van der Waals surface area contributed by atoms with Crippen LogP contribution in [0.2, 0.25) is 15.5 Å². The summed E-state index contributed by atoms with van der Waals surface area (Å²) in [7, 11) is 0. The number of nitrogens with one attached hydrogen (secondary N) is 1. The Balaban J connectivity index is 0.000000171. The van der Waals surface area contributed by atoms with Gasteiger partial charge in [0, 0.05) is 33.3 Å². The third-order valence-corrected chi connectivity index (χ3v) is 5.48. The van der Waals surface area contributed by atoms with Crippen LogP contribution < -0.4 is 10.2 Å². The van der Waals surface area contributed by atoms with E-state index in [4.69, 9.17) is 44.3 Å². The molecule has 0 amide bonds. The molecule has 0 atom stereocenters. The molecule has 0 aromatic carbocycles. The van der Waals surface area contributed by atoms with Crippen molar-refractivity contribution in [3.63, 3.8) is 0 Å². The van der Waals surface area contributed by atoms with E-state index in [9.17, 15) is 0 Å². The molecule has 6 nitrogen and oxygen atoms in total. The number of anilines is 1. The second-order valence-electron chi connectivity index (χ2n) is 5.86. The SMILES string of the molecule is C1COCCN1.Clc1cc(I)cc(Cl)n1.Clc1cc(I)cc(N2CCOCC2)n1. The zero-order valence-corrected chi connectivity index (χ0v) is 22.1. The average Bonchev–Trinajstić information content (AvgIpc) is 2.69. The minimum Gasteiger partial charge on any atom is -0.379 e. The quantitative estimate of drug-likeness (QED) is 0.345. The topological polar surface area (TPSA) is 59.5 Å². The van der Waals surface area contributed by atoms with Crippen LogP contribution in [0.25, 0.3) is 0 Å². The van der Waals surface area contributed by atoms with Gasteiger partial charge in [-0.1, -0.05) is 34.8 Å². The van der Waals surface area contributed by atoms with E-state index < -0.39 is 0 Å².